The molecule has 3 aliphatic rings. The van der Waals surface area contributed by atoms with E-state index in [4.69, 9.17) is 0 Å². The molecule has 5 nitrogen and oxygen atoms in total. The molecule has 0 aromatic carbocycles. The first-order valence-electron chi connectivity index (χ1n) is 9.69. The highest BCUT2D eigenvalue weighted by atomic mass is 16.4. The van der Waals surface area contributed by atoms with E-state index in [9.17, 15) is 9.90 Å². The number of nitrogens with zero attached hydrogens (tertiary/aromatic N) is 3. The number of aliphatic carboxylic acids is 1. The minimum absolute atomic E-state index is 0.254. The molecule has 0 bridgehead atoms. The van der Waals surface area contributed by atoms with Gasteiger partial charge in [0.25, 0.3) is 0 Å². The number of carbonyl (C=O) groups is 1. The fourth-order valence-electron chi connectivity index (χ4n) is 5.28. The number of pyridine rings is 1. The lowest BCUT2D eigenvalue weighted by Crippen LogP contribution is -2.43. The lowest BCUT2D eigenvalue weighted by molar-refractivity contribution is -0.149. The van der Waals surface area contributed by atoms with Crippen LogP contribution in [0.5, 0.6) is 0 Å². The molecule has 5 heteroatoms. The van der Waals surface area contributed by atoms with E-state index in [1.807, 2.05) is 19.2 Å². The molecular weight excluding hydrogens is 314 g/mol. The third-order valence-electron chi connectivity index (χ3n) is 6.73. The molecule has 0 unspecified atom stereocenters. The van der Waals surface area contributed by atoms with Crippen LogP contribution in [0.15, 0.2) is 18.3 Å². The summed E-state index contributed by atoms with van der Waals surface area (Å²) in [6.07, 6.45) is 8.27. The number of likely N-dealkylation sites (tertiary alicyclic amines) is 2. The Kier molecular flexibility index (Phi) is 4.54. The van der Waals surface area contributed by atoms with Crippen LogP contribution >= 0.6 is 0 Å². The summed E-state index contributed by atoms with van der Waals surface area (Å²) in [5.41, 5.74) is 1.69. The van der Waals surface area contributed by atoms with Crippen molar-refractivity contribution in [3.05, 3.63) is 29.6 Å². The smallest absolute Gasteiger partial charge is 0.312 e. The molecular formula is C20H29N3O2. The van der Waals surface area contributed by atoms with E-state index in [1.165, 1.54) is 37.7 Å². The van der Waals surface area contributed by atoms with Gasteiger partial charge in [0.1, 0.15) is 0 Å². The normalized spacial score (nSPS) is 31.3. The maximum absolute atomic E-state index is 12.2. The number of carboxylic acids is 1. The zero-order valence-electron chi connectivity index (χ0n) is 15.2. The van der Waals surface area contributed by atoms with Gasteiger partial charge in [0.2, 0.25) is 0 Å². The van der Waals surface area contributed by atoms with Crippen molar-refractivity contribution in [2.45, 2.75) is 51.6 Å². The second-order valence-electron chi connectivity index (χ2n) is 8.30. The molecule has 2 saturated heterocycles. The number of hydrogen-bond donors (Lipinski definition) is 1. The highest BCUT2D eigenvalue weighted by Crippen LogP contribution is 2.45. The van der Waals surface area contributed by atoms with E-state index in [0.29, 0.717) is 12.6 Å². The molecule has 2 atom stereocenters. The van der Waals surface area contributed by atoms with Gasteiger partial charge in [-0.3, -0.25) is 19.6 Å². The second kappa shape index (κ2) is 6.69. The number of aromatic nitrogens is 1. The molecule has 1 N–H and O–H groups in total. The minimum Gasteiger partial charge on any atom is -0.481 e. The monoisotopic (exact) mass is 343 g/mol. The van der Waals surface area contributed by atoms with E-state index >= 15 is 0 Å². The summed E-state index contributed by atoms with van der Waals surface area (Å²) in [4.78, 5) is 21.4. The standard InChI is InChI=1S/C20H29N3O2/c1-15-16(6-5-9-21-15)10-22-11-17-12-23(18-7-3-2-4-8-18)14-20(17,13-22)19(24)25/h5-6,9,17-18H,2-4,7-8,10-14H2,1H3,(H,24,25)/t17-,20-/m0/s1. The predicted octanol–water partition coefficient (Wildman–Crippen LogP) is 2.54. The quantitative estimate of drug-likeness (QED) is 0.910. The van der Waals surface area contributed by atoms with Crippen LogP contribution in [0.2, 0.25) is 0 Å². The van der Waals surface area contributed by atoms with Gasteiger partial charge in [-0.1, -0.05) is 25.3 Å². The molecule has 0 spiro atoms. The molecule has 3 fully saturated rings. The Balaban J connectivity index is 1.47. The summed E-state index contributed by atoms with van der Waals surface area (Å²) in [5, 5.41) is 10.1. The largest absolute Gasteiger partial charge is 0.481 e. The molecule has 25 heavy (non-hydrogen) atoms. The molecule has 1 saturated carbocycles. The summed E-state index contributed by atoms with van der Waals surface area (Å²) in [5.74, 6) is -0.342. The zero-order chi connectivity index (χ0) is 17.4. The zero-order valence-corrected chi connectivity index (χ0v) is 15.2. The van der Waals surface area contributed by atoms with Gasteiger partial charge in [-0.15, -0.1) is 0 Å². The molecule has 136 valence electrons. The maximum Gasteiger partial charge on any atom is 0.312 e. The molecule has 1 aliphatic carbocycles. The molecule has 2 aliphatic heterocycles. The van der Waals surface area contributed by atoms with E-state index in [2.05, 4.69) is 20.9 Å². The van der Waals surface area contributed by atoms with Crippen molar-refractivity contribution in [2.24, 2.45) is 11.3 Å². The van der Waals surface area contributed by atoms with Crippen LogP contribution in [0.4, 0.5) is 0 Å². The van der Waals surface area contributed by atoms with Crippen molar-refractivity contribution >= 4 is 5.97 Å². The van der Waals surface area contributed by atoms with E-state index in [-0.39, 0.29) is 5.92 Å². The van der Waals surface area contributed by atoms with Crippen molar-refractivity contribution in [3.63, 3.8) is 0 Å². The summed E-state index contributed by atoms with van der Waals surface area (Å²) in [6, 6.07) is 4.69. The SMILES string of the molecule is Cc1ncccc1CN1C[C@H]2CN(C3CCCCC3)C[C@@]2(C(=O)O)C1. The molecule has 4 rings (SSSR count). The second-order valence-corrected chi connectivity index (χ2v) is 8.30. The van der Waals surface area contributed by atoms with Gasteiger partial charge >= 0.3 is 5.97 Å². The Labute approximate surface area is 150 Å². The highest BCUT2D eigenvalue weighted by Gasteiger charge is 2.58. The van der Waals surface area contributed by atoms with E-state index < -0.39 is 11.4 Å². The molecule has 1 aromatic rings. The van der Waals surface area contributed by atoms with Gasteiger partial charge in [0.05, 0.1) is 5.41 Å². The summed E-state index contributed by atoms with van der Waals surface area (Å²) in [7, 11) is 0. The minimum atomic E-state index is -0.596. The van der Waals surface area contributed by atoms with Crippen LogP contribution in [0.3, 0.4) is 0 Å². The van der Waals surface area contributed by atoms with Crippen molar-refractivity contribution in [3.8, 4) is 0 Å². The fourth-order valence-corrected chi connectivity index (χ4v) is 5.28. The maximum atomic E-state index is 12.2. The van der Waals surface area contributed by atoms with Crippen LogP contribution in [0.1, 0.15) is 43.4 Å². The average molecular weight is 343 g/mol. The van der Waals surface area contributed by atoms with E-state index in [0.717, 1.165) is 31.9 Å². The Morgan fingerprint density at radius 2 is 2.08 bits per heavy atom. The van der Waals surface area contributed by atoms with Crippen LogP contribution < -0.4 is 0 Å². The number of fused-ring (bicyclic) bond motifs is 1. The summed E-state index contributed by atoms with van der Waals surface area (Å²) >= 11 is 0. The molecule has 0 radical (unpaired) electrons. The fraction of sp³-hybridized carbons (Fsp3) is 0.700. The Morgan fingerprint density at radius 3 is 2.76 bits per heavy atom. The number of hydrogen-bond acceptors (Lipinski definition) is 4. The first-order valence-corrected chi connectivity index (χ1v) is 9.69. The average Bonchev–Trinajstić information content (AvgIpc) is 3.13. The first kappa shape index (κ1) is 17.0. The summed E-state index contributed by atoms with van der Waals surface area (Å²) in [6.45, 7) is 6.10. The van der Waals surface area contributed by atoms with Crippen LogP contribution in [-0.2, 0) is 11.3 Å². The van der Waals surface area contributed by atoms with Crippen LogP contribution in [0.25, 0.3) is 0 Å². The number of rotatable bonds is 4. The van der Waals surface area contributed by atoms with Crippen molar-refractivity contribution < 1.29 is 9.90 Å². The van der Waals surface area contributed by atoms with Gasteiger partial charge in [0.15, 0.2) is 0 Å². The van der Waals surface area contributed by atoms with Crippen LogP contribution in [0, 0.1) is 18.3 Å². The van der Waals surface area contributed by atoms with Gasteiger partial charge in [-0.25, -0.2) is 0 Å². The Morgan fingerprint density at radius 1 is 1.28 bits per heavy atom. The third kappa shape index (κ3) is 3.08. The van der Waals surface area contributed by atoms with Crippen molar-refractivity contribution in [1.29, 1.82) is 0 Å². The molecule has 0 amide bonds. The van der Waals surface area contributed by atoms with Gasteiger partial charge in [-0.05, 0) is 31.4 Å². The van der Waals surface area contributed by atoms with Crippen molar-refractivity contribution in [2.75, 3.05) is 26.2 Å². The lowest BCUT2D eigenvalue weighted by atomic mass is 9.81. The van der Waals surface area contributed by atoms with Crippen LogP contribution in [-0.4, -0.2) is 58.1 Å². The first-order chi connectivity index (χ1) is 12.1. The van der Waals surface area contributed by atoms with Gasteiger partial charge < -0.3 is 5.11 Å². The summed E-state index contributed by atoms with van der Waals surface area (Å²) < 4.78 is 0. The number of aryl methyl sites for hydroxylation is 1. The third-order valence-corrected chi connectivity index (χ3v) is 6.73. The topological polar surface area (TPSA) is 56.7 Å². The lowest BCUT2D eigenvalue weighted by Gasteiger charge is -2.33. The highest BCUT2D eigenvalue weighted by molar-refractivity contribution is 5.77. The number of carboxylic acid groups (broad SMARTS) is 1. The van der Waals surface area contributed by atoms with Crippen molar-refractivity contribution in [1.82, 2.24) is 14.8 Å². The molecule has 3 heterocycles. The van der Waals surface area contributed by atoms with Gasteiger partial charge in [-0.2, -0.15) is 0 Å². The van der Waals surface area contributed by atoms with Gasteiger partial charge in [0, 0.05) is 56.6 Å². The Bertz CT molecular complexity index is 644. The molecule has 1 aromatic heterocycles. The Hall–Kier alpha value is -1.46. The predicted molar refractivity (Wildman–Crippen MR) is 96.3 cm³/mol. The van der Waals surface area contributed by atoms with E-state index in [1.54, 1.807) is 0 Å².